The van der Waals surface area contributed by atoms with E-state index in [4.69, 9.17) is 0 Å². The van der Waals surface area contributed by atoms with Crippen LogP contribution in [0.1, 0.15) is 91.4 Å². The molecule has 2 heteroatoms. The second-order valence-electron chi connectivity index (χ2n) is 5.23. The molecular formula is C18H36NNb-3. The summed E-state index contributed by atoms with van der Waals surface area (Å²) in [6.45, 7) is 9.27. The Morgan fingerprint density at radius 1 is 0.900 bits per heavy atom. The van der Waals surface area contributed by atoms with Crippen LogP contribution in [0.2, 0.25) is 0 Å². The molecule has 2 rings (SSSR count). The zero-order valence-corrected chi connectivity index (χ0v) is 16.3. The van der Waals surface area contributed by atoms with Crippen LogP contribution in [-0.2, 0) is 20.9 Å². The van der Waals surface area contributed by atoms with Crippen LogP contribution in [0.3, 0.4) is 0 Å². The molecule has 2 aliphatic carbocycles. The van der Waals surface area contributed by atoms with Gasteiger partial charge in [0, 0.05) is 0 Å². The molecule has 2 fully saturated rings. The van der Waals surface area contributed by atoms with E-state index in [-0.39, 0.29) is 0 Å². The summed E-state index contributed by atoms with van der Waals surface area (Å²) in [5.41, 5.74) is 0. The fraction of sp³-hybridized carbons (Fsp3) is 0.833. The third-order valence-electron chi connectivity index (χ3n) is 3.42. The van der Waals surface area contributed by atoms with Gasteiger partial charge in [0.2, 0.25) is 0 Å². The second-order valence-corrected chi connectivity index (χ2v) is 5.79. The molecule has 0 spiro atoms. The van der Waals surface area contributed by atoms with E-state index in [1.165, 1.54) is 70.6 Å². The van der Waals surface area contributed by atoms with Crippen LogP contribution in [0.25, 0.3) is 0 Å². The first-order valence-corrected chi connectivity index (χ1v) is 9.47. The Morgan fingerprint density at radius 3 is 1.30 bits per heavy atom. The molecule has 0 heterocycles. The van der Waals surface area contributed by atoms with Crippen LogP contribution in [0, 0.1) is 19.8 Å². The fourth-order valence-corrected chi connectivity index (χ4v) is 2.28. The Hall–Kier alpha value is 0.540. The van der Waals surface area contributed by atoms with Gasteiger partial charge < -0.3 is 19.8 Å². The van der Waals surface area contributed by atoms with Crippen LogP contribution >= 0.6 is 0 Å². The molecule has 2 aliphatic rings. The summed E-state index contributed by atoms with van der Waals surface area (Å²) in [7, 11) is 0. The van der Waals surface area contributed by atoms with E-state index >= 15 is 0 Å². The van der Waals surface area contributed by atoms with Crippen LogP contribution < -0.4 is 0 Å². The van der Waals surface area contributed by atoms with Crippen molar-refractivity contribution in [3.63, 3.8) is 0 Å². The minimum atomic E-state index is 0.582. The summed E-state index contributed by atoms with van der Waals surface area (Å²) in [5, 5.41) is 0. The molecule has 0 bridgehead atoms. The van der Waals surface area contributed by atoms with Gasteiger partial charge in [-0.15, -0.1) is 0 Å². The van der Waals surface area contributed by atoms with Crippen molar-refractivity contribution in [2.75, 3.05) is 0 Å². The van der Waals surface area contributed by atoms with Gasteiger partial charge in [0.1, 0.15) is 0 Å². The number of hydrogen-bond acceptors (Lipinski definition) is 1. The van der Waals surface area contributed by atoms with Gasteiger partial charge in [-0.3, -0.25) is 0 Å². The third-order valence-corrected chi connectivity index (χ3v) is 4.39. The van der Waals surface area contributed by atoms with Crippen molar-refractivity contribution >= 4 is 0 Å². The zero-order chi connectivity index (χ0) is 15.5. The van der Waals surface area contributed by atoms with E-state index in [0.29, 0.717) is 6.04 Å². The van der Waals surface area contributed by atoms with E-state index in [1.807, 2.05) is 0 Å². The smallest absolute Gasteiger partial charge is 0.0582 e. The molecule has 0 aliphatic heterocycles. The van der Waals surface area contributed by atoms with Crippen LogP contribution in [0.5, 0.6) is 0 Å². The van der Waals surface area contributed by atoms with Crippen LogP contribution in [0.4, 0.5) is 0 Å². The van der Waals surface area contributed by atoms with E-state index in [9.17, 15) is 0 Å². The maximum atomic E-state index is 4.06. The van der Waals surface area contributed by atoms with Gasteiger partial charge in [-0.1, -0.05) is 38.5 Å². The number of hydrogen-bond donors (Lipinski definition) is 0. The summed E-state index contributed by atoms with van der Waals surface area (Å²) in [6, 6.07) is 0.582. The van der Waals surface area contributed by atoms with Gasteiger partial charge in [0.25, 0.3) is 0 Å². The quantitative estimate of drug-likeness (QED) is 0.386. The Morgan fingerprint density at radius 2 is 1.25 bits per heavy atom. The van der Waals surface area contributed by atoms with Gasteiger partial charge in [0.15, 0.2) is 0 Å². The first-order chi connectivity index (χ1) is 9.81. The maximum absolute atomic E-state index is 4.06. The van der Waals surface area contributed by atoms with Gasteiger partial charge in [0.05, 0.1) is 0 Å². The topological polar surface area (TPSA) is 12.4 Å². The molecule has 1 unspecified atom stereocenters. The Kier molecular flexibility index (Phi) is 24.9. The Bertz CT molecular complexity index is 128. The van der Waals surface area contributed by atoms with E-state index in [2.05, 4.69) is 37.0 Å². The van der Waals surface area contributed by atoms with Crippen molar-refractivity contribution in [1.29, 1.82) is 0 Å². The van der Waals surface area contributed by atoms with Crippen molar-refractivity contribution in [3.8, 4) is 0 Å². The minimum absolute atomic E-state index is 0.582. The minimum Gasteiger partial charge on any atom is -0.346 e. The van der Waals surface area contributed by atoms with Gasteiger partial charge >= 0.3 is 50.5 Å². The molecule has 1 atom stereocenters. The summed E-state index contributed by atoms with van der Waals surface area (Å²) in [5.74, 6) is 0. The first kappa shape index (κ1) is 22.8. The van der Waals surface area contributed by atoms with Crippen LogP contribution in [-0.4, -0.2) is 6.04 Å². The van der Waals surface area contributed by atoms with Gasteiger partial charge in [-0.05, 0) is 0 Å². The third kappa shape index (κ3) is 20.8. The monoisotopic (exact) mass is 359 g/mol. The zero-order valence-electron chi connectivity index (χ0n) is 14.1. The van der Waals surface area contributed by atoms with Crippen molar-refractivity contribution in [3.05, 3.63) is 19.8 Å². The van der Waals surface area contributed by atoms with Crippen molar-refractivity contribution < 1.29 is 20.9 Å². The normalized spacial score (nSPS) is 18.8. The van der Waals surface area contributed by atoms with Crippen molar-refractivity contribution in [2.24, 2.45) is 3.34 Å². The van der Waals surface area contributed by atoms with Crippen molar-refractivity contribution in [2.45, 2.75) is 97.4 Å². The molecule has 1 nitrogen and oxygen atoms in total. The average Bonchev–Trinajstić information content (AvgIpc) is 2.60. The predicted molar refractivity (Wildman–Crippen MR) is 88.0 cm³/mol. The molecule has 0 N–H and O–H groups in total. The molecule has 0 amide bonds. The molecule has 0 saturated heterocycles. The Labute approximate surface area is 141 Å². The average molecular weight is 359 g/mol. The molecule has 20 heavy (non-hydrogen) atoms. The molecule has 121 valence electrons. The SMILES string of the molecule is CCC(C)[N]=[Nb].[CH-]1CCCCC1.[CH-]1CCCCC1.[CH2-]C. The van der Waals surface area contributed by atoms with E-state index in [1.54, 1.807) is 27.8 Å². The first-order valence-electron chi connectivity index (χ1n) is 8.49. The van der Waals surface area contributed by atoms with Crippen molar-refractivity contribution in [1.82, 2.24) is 0 Å². The molecule has 0 radical (unpaired) electrons. The summed E-state index contributed by atoms with van der Waals surface area (Å²) >= 11 is 1.55. The summed E-state index contributed by atoms with van der Waals surface area (Å²) in [4.78, 5) is 0. The number of rotatable bonds is 2. The maximum Gasteiger partial charge on any atom is -0.0582 e. The standard InChI is InChI=1S/2C6H11.C4H9N.C2H5.Nb/c2*1-2-4-6-5-3-1;1-3-4(2)5;1-2;/h2*1H,2-6H2;4H,3H2,1-2H3;1H2,2H3;/q2*-1;;-1;. The summed E-state index contributed by atoms with van der Waals surface area (Å²) in [6.07, 6.45) is 20.2. The molecular weight excluding hydrogens is 323 g/mol. The predicted octanol–water partition coefficient (Wildman–Crippen LogP) is 6.67. The second kappa shape index (κ2) is 21.8. The largest absolute Gasteiger partial charge is 0.346 e. The van der Waals surface area contributed by atoms with Crippen LogP contribution in [0.15, 0.2) is 3.34 Å². The van der Waals surface area contributed by atoms with Gasteiger partial charge in [-0.25, -0.2) is 0 Å². The number of nitrogens with zero attached hydrogens (tertiary/aromatic N) is 1. The molecule has 0 aromatic rings. The molecule has 0 aromatic carbocycles. The van der Waals surface area contributed by atoms with Gasteiger partial charge in [-0.2, -0.15) is 32.6 Å². The van der Waals surface area contributed by atoms with E-state index < -0.39 is 0 Å². The fourth-order valence-electron chi connectivity index (χ4n) is 1.88. The molecule has 2 saturated carbocycles. The molecule has 0 aromatic heterocycles. The van der Waals surface area contributed by atoms with E-state index in [0.717, 1.165) is 0 Å². The Balaban J connectivity index is 0. The summed E-state index contributed by atoms with van der Waals surface area (Å²) < 4.78 is 4.06.